The van der Waals surface area contributed by atoms with Gasteiger partial charge in [0.15, 0.2) is 0 Å². The molecule has 128 valence electrons. The molecule has 0 heterocycles. The molecule has 0 saturated carbocycles. The Balaban J connectivity index is 2.30. The predicted molar refractivity (Wildman–Crippen MR) is 91.5 cm³/mol. The van der Waals surface area contributed by atoms with Gasteiger partial charge >= 0.3 is 6.09 Å². The van der Waals surface area contributed by atoms with E-state index in [0.29, 0.717) is 6.54 Å². The highest BCUT2D eigenvalue weighted by Gasteiger charge is 2.15. The first kappa shape index (κ1) is 18.8. The molecule has 23 heavy (non-hydrogen) atoms. The Labute approximate surface area is 138 Å². The van der Waals surface area contributed by atoms with Crippen LogP contribution in [-0.4, -0.2) is 38.2 Å². The van der Waals surface area contributed by atoms with E-state index in [1.165, 1.54) is 0 Å². The zero-order valence-corrected chi connectivity index (χ0v) is 14.6. The summed E-state index contributed by atoms with van der Waals surface area (Å²) in [5.41, 5.74) is 1.58. The Morgan fingerprint density at radius 3 is 2.48 bits per heavy atom. The van der Waals surface area contributed by atoms with Crippen molar-refractivity contribution in [2.75, 3.05) is 25.5 Å². The molecule has 1 aromatic carbocycles. The molecule has 1 rings (SSSR count). The first-order chi connectivity index (χ1) is 10.7. The molecular weight excluding hydrogens is 294 g/mol. The summed E-state index contributed by atoms with van der Waals surface area (Å²) in [4.78, 5) is 25.2. The number of benzene rings is 1. The highest BCUT2D eigenvalue weighted by Crippen LogP contribution is 2.13. The summed E-state index contributed by atoms with van der Waals surface area (Å²) in [6, 6.07) is 7.96. The number of alkyl carbamates (subject to hydrolysis) is 1. The summed E-state index contributed by atoms with van der Waals surface area (Å²) in [6.45, 7) is 6.09. The van der Waals surface area contributed by atoms with E-state index in [1.807, 2.05) is 43.3 Å². The second-order valence-corrected chi connectivity index (χ2v) is 6.52. The number of nitrogens with one attached hydrogen (secondary N) is 2. The van der Waals surface area contributed by atoms with Crippen LogP contribution >= 0.6 is 0 Å². The predicted octanol–water partition coefficient (Wildman–Crippen LogP) is 2.28. The van der Waals surface area contributed by atoms with Crippen LogP contribution in [0.1, 0.15) is 32.8 Å². The molecule has 0 fully saturated rings. The minimum Gasteiger partial charge on any atom is -0.444 e. The van der Waals surface area contributed by atoms with Crippen molar-refractivity contribution >= 4 is 17.7 Å². The zero-order chi connectivity index (χ0) is 17.5. The van der Waals surface area contributed by atoms with Crippen LogP contribution in [0.15, 0.2) is 24.3 Å². The zero-order valence-electron chi connectivity index (χ0n) is 14.6. The number of amides is 2. The van der Waals surface area contributed by atoms with Gasteiger partial charge in [-0.1, -0.05) is 12.1 Å². The summed E-state index contributed by atoms with van der Waals surface area (Å²) in [5.74, 6) is -0.115. The van der Waals surface area contributed by atoms with E-state index in [-0.39, 0.29) is 18.9 Å². The standard InChI is InChI=1S/C17H27N3O3/c1-17(2,3)23-16(22)18-10-9-15(21)19-12-13-7-6-8-14(11-13)20(4)5/h6-8,11H,9-10,12H2,1-5H3,(H,18,22)(H,19,21). The van der Waals surface area contributed by atoms with Crippen LogP contribution in [0.5, 0.6) is 0 Å². The van der Waals surface area contributed by atoms with Gasteiger partial charge in [0.05, 0.1) is 0 Å². The van der Waals surface area contributed by atoms with E-state index < -0.39 is 11.7 Å². The second-order valence-electron chi connectivity index (χ2n) is 6.52. The second kappa shape index (κ2) is 8.41. The highest BCUT2D eigenvalue weighted by molar-refractivity contribution is 5.77. The minimum absolute atomic E-state index is 0.115. The van der Waals surface area contributed by atoms with Gasteiger partial charge in [-0.25, -0.2) is 4.79 Å². The fraction of sp³-hybridized carbons (Fsp3) is 0.529. The van der Waals surface area contributed by atoms with E-state index in [1.54, 1.807) is 20.8 Å². The number of rotatable bonds is 6. The average Bonchev–Trinajstić information content (AvgIpc) is 2.43. The number of hydrogen-bond donors (Lipinski definition) is 2. The van der Waals surface area contributed by atoms with Gasteiger partial charge in [-0.15, -0.1) is 0 Å². The van der Waals surface area contributed by atoms with Crippen molar-refractivity contribution in [1.82, 2.24) is 10.6 Å². The van der Waals surface area contributed by atoms with Crippen LogP contribution in [0.25, 0.3) is 0 Å². The lowest BCUT2D eigenvalue weighted by Gasteiger charge is -2.19. The molecule has 0 aliphatic carbocycles. The fourth-order valence-corrected chi connectivity index (χ4v) is 1.83. The van der Waals surface area contributed by atoms with Crippen molar-refractivity contribution in [1.29, 1.82) is 0 Å². The van der Waals surface area contributed by atoms with Gasteiger partial charge in [-0.2, -0.15) is 0 Å². The molecule has 2 amide bonds. The smallest absolute Gasteiger partial charge is 0.407 e. The van der Waals surface area contributed by atoms with Crippen LogP contribution in [0.3, 0.4) is 0 Å². The third-order valence-corrected chi connectivity index (χ3v) is 2.94. The van der Waals surface area contributed by atoms with E-state index in [0.717, 1.165) is 11.3 Å². The topological polar surface area (TPSA) is 70.7 Å². The SMILES string of the molecule is CN(C)c1cccc(CNC(=O)CCNC(=O)OC(C)(C)C)c1. The lowest BCUT2D eigenvalue weighted by atomic mass is 10.2. The number of ether oxygens (including phenoxy) is 1. The van der Waals surface area contributed by atoms with Crippen molar-refractivity contribution < 1.29 is 14.3 Å². The van der Waals surface area contributed by atoms with Gasteiger partial charge in [0, 0.05) is 39.3 Å². The number of anilines is 1. The van der Waals surface area contributed by atoms with E-state index in [4.69, 9.17) is 4.74 Å². The quantitative estimate of drug-likeness (QED) is 0.843. The summed E-state index contributed by atoms with van der Waals surface area (Å²) in [6.07, 6.45) is -0.295. The van der Waals surface area contributed by atoms with Gasteiger partial charge in [0.25, 0.3) is 0 Å². The van der Waals surface area contributed by atoms with Crippen molar-refractivity contribution in [3.05, 3.63) is 29.8 Å². The summed E-state index contributed by atoms with van der Waals surface area (Å²) < 4.78 is 5.10. The maximum atomic E-state index is 11.8. The van der Waals surface area contributed by atoms with Gasteiger partial charge in [0.1, 0.15) is 5.60 Å². The monoisotopic (exact) mass is 321 g/mol. The number of carbonyl (C=O) groups is 2. The van der Waals surface area contributed by atoms with Gasteiger partial charge in [-0.3, -0.25) is 4.79 Å². The van der Waals surface area contributed by atoms with Crippen molar-refractivity contribution in [3.8, 4) is 0 Å². The average molecular weight is 321 g/mol. The van der Waals surface area contributed by atoms with Crippen LogP contribution < -0.4 is 15.5 Å². The van der Waals surface area contributed by atoms with Crippen molar-refractivity contribution in [2.45, 2.75) is 39.3 Å². The summed E-state index contributed by atoms with van der Waals surface area (Å²) in [5, 5.41) is 5.40. The van der Waals surface area contributed by atoms with Gasteiger partial charge < -0.3 is 20.3 Å². The largest absolute Gasteiger partial charge is 0.444 e. The minimum atomic E-state index is -0.538. The van der Waals surface area contributed by atoms with Crippen LogP contribution in [-0.2, 0) is 16.1 Å². The van der Waals surface area contributed by atoms with Gasteiger partial charge in [-0.05, 0) is 38.5 Å². The Morgan fingerprint density at radius 2 is 1.87 bits per heavy atom. The molecule has 0 radical (unpaired) electrons. The molecule has 0 saturated heterocycles. The van der Waals surface area contributed by atoms with E-state index >= 15 is 0 Å². The fourth-order valence-electron chi connectivity index (χ4n) is 1.83. The molecular formula is C17H27N3O3. The molecule has 0 spiro atoms. The highest BCUT2D eigenvalue weighted by atomic mass is 16.6. The number of nitrogens with zero attached hydrogens (tertiary/aromatic N) is 1. The molecule has 0 unspecified atom stereocenters. The Morgan fingerprint density at radius 1 is 1.17 bits per heavy atom. The summed E-state index contributed by atoms with van der Waals surface area (Å²) >= 11 is 0. The molecule has 6 nitrogen and oxygen atoms in total. The molecule has 0 aliphatic heterocycles. The third kappa shape index (κ3) is 8.09. The molecule has 0 aromatic heterocycles. The third-order valence-electron chi connectivity index (χ3n) is 2.94. The number of carbonyl (C=O) groups excluding carboxylic acids is 2. The van der Waals surface area contributed by atoms with Crippen molar-refractivity contribution in [3.63, 3.8) is 0 Å². The van der Waals surface area contributed by atoms with E-state index in [2.05, 4.69) is 10.6 Å². The molecule has 2 N–H and O–H groups in total. The first-order valence-electron chi connectivity index (χ1n) is 7.67. The molecule has 0 bridgehead atoms. The van der Waals surface area contributed by atoms with Crippen LogP contribution in [0.4, 0.5) is 10.5 Å². The van der Waals surface area contributed by atoms with E-state index in [9.17, 15) is 9.59 Å². The van der Waals surface area contributed by atoms with Gasteiger partial charge in [0.2, 0.25) is 5.91 Å². The maximum absolute atomic E-state index is 11.8. The lowest BCUT2D eigenvalue weighted by molar-refractivity contribution is -0.121. The van der Waals surface area contributed by atoms with Crippen molar-refractivity contribution in [2.24, 2.45) is 0 Å². The first-order valence-corrected chi connectivity index (χ1v) is 7.67. The Hall–Kier alpha value is -2.24. The maximum Gasteiger partial charge on any atom is 0.407 e. The van der Waals surface area contributed by atoms with Crippen LogP contribution in [0.2, 0.25) is 0 Å². The van der Waals surface area contributed by atoms with Crippen LogP contribution in [0, 0.1) is 0 Å². The lowest BCUT2D eigenvalue weighted by Crippen LogP contribution is -2.35. The Bertz CT molecular complexity index is 536. The molecule has 0 aliphatic rings. The molecule has 1 aromatic rings. The normalized spacial score (nSPS) is 10.8. The Kier molecular flexibility index (Phi) is 6.88. The molecule has 6 heteroatoms. The number of hydrogen-bond acceptors (Lipinski definition) is 4. The molecule has 0 atom stereocenters. The summed E-state index contributed by atoms with van der Waals surface area (Å²) in [7, 11) is 3.94.